The van der Waals surface area contributed by atoms with Crippen molar-refractivity contribution in [3.8, 4) is 6.07 Å². The van der Waals surface area contributed by atoms with Crippen molar-refractivity contribution in [2.45, 2.75) is 42.7 Å². The monoisotopic (exact) mass is 535 g/mol. The number of halogens is 2. The minimum absolute atomic E-state index is 0.0478. The zero-order valence-corrected chi connectivity index (χ0v) is 21.1. The molecule has 2 aliphatic rings. The van der Waals surface area contributed by atoms with Gasteiger partial charge in [0.25, 0.3) is 5.91 Å². The van der Waals surface area contributed by atoms with Gasteiger partial charge in [-0.2, -0.15) is 5.26 Å². The van der Waals surface area contributed by atoms with Gasteiger partial charge in [0.2, 0.25) is 0 Å². The van der Waals surface area contributed by atoms with Gasteiger partial charge in [-0.25, -0.2) is 19.2 Å². The van der Waals surface area contributed by atoms with E-state index in [0.29, 0.717) is 13.0 Å². The largest absolute Gasteiger partial charge is 0.465 e. The van der Waals surface area contributed by atoms with Crippen molar-refractivity contribution in [2.75, 3.05) is 11.9 Å². The lowest BCUT2D eigenvalue weighted by atomic mass is 9.89. The van der Waals surface area contributed by atoms with E-state index in [9.17, 15) is 18.9 Å². The van der Waals surface area contributed by atoms with Crippen molar-refractivity contribution in [3.63, 3.8) is 0 Å². The molecule has 2 aliphatic heterocycles. The maximum atomic E-state index is 15.2. The molecule has 0 bridgehead atoms. The summed E-state index contributed by atoms with van der Waals surface area (Å²) < 4.78 is 31.3. The Kier molecular flexibility index (Phi) is 6.32. The van der Waals surface area contributed by atoms with Crippen LogP contribution in [-0.2, 0) is 15.7 Å². The van der Waals surface area contributed by atoms with Gasteiger partial charge in [0.1, 0.15) is 40.5 Å². The van der Waals surface area contributed by atoms with Crippen molar-refractivity contribution in [2.24, 2.45) is 4.99 Å². The molecular formula is C22H23ClFN7O4S. The van der Waals surface area contributed by atoms with E-state index in [1.54, 1.807) is 20.8 Å². The number of fused-ring (bicyclic) bond motifs is 1. The summed E-state index contributed by atoms with van der Waals surface area (Å²) in [6.07, 6.45) is 0.185. The van der Waals surface area contributed by atoms with Gasteiger partial charge in [0.15, 0.2) is 0 Å². The first-order chi connectivity index (χ1) is 16.8. The van der Waals surface area contributed by atoms with Crippen LogP contribution in [0.25, 0.3) is 0 Å². The number of carboxylic acid groups (broad SMARTS) is 1. The Labute approximate surface area is 211 Å². The molecule has 190 valence electrons. The first-order valence-corrected chi connectivity index (χ1v) is 13.0. The molecule has 4 N–H and O–H groups in total. The second-order valence-electron chi connectivity index (χ2n) is 9.11. The number of nitriles is 1. The molecule has 2 atom stereocenters. The molecule has 2 aromatic heterocycles. The maximum Gasteiger partial charge on any atom is 0.410 e. The second-order valence-corrected chi connectivity index (χ2v) is 12.9. The Bertz CT molecular complexity index is 1410. The highest BCUT2D eigenvalue weighted by Crippen LogP contribution is 2.48. The molecule has 11 nitrogen and oxygen atoms in total. The number of aliphatic imine (C=N–C) groups is 1. The van der Waals surface area contributed by atoms with Gasteiger partial charge < -0.3 is 10.4 Å². The predicted octanol–water partition coefficient (Wildman–Crippen LogP) is 2.36. The molecule has 4 heterocycles. The average molecular weight is 536 g/mol. The van der Waals surface area contributed by atoms with Crippen molar-refractivity contribution in [1.29, 1.82) is 5.26 Å². The number of nitrogens with one attached hydrogen (secondary N) is 3. The maximum absolute atomic E-state index is 15.2. The van der Waals surface area contributed by atoms with Crippen molar-refractivity contribution in [1.82, 2.24) is 20.0 Å². The average Bonchev–Trinajstić information content (AvgIpc) is 3.23. The lowest BCUT2D eigenvalue weighted by Gasteiger charge is -2.50. The Morgan fingerprint density at radius 2 is 2.06 bits per heavy atom. The lowest BCUT2D eigenvalue weighted by molar-refractivity contribution is 0.102. The SMILES string of the molecule is CC1(C)C(NC(=O)O)=N[C@](C)(c2nc(NC(=O)c3ncc(C#N)cc3Cl)ccc2F)[C@H]2CCN[SH]21=O. The van der Waals surface area contributed by atoms with Gasteiger partial charge in [-0.3, -0.25) is 24.0 Å². The number of carbonyl (C=O) groups is 2. The molecule has 0 spiro atoms. The fourth-order valence-electron chi connectivity index (χ4n) is 4.68. The highest BCUT2D eigenvalue weighted by atomic mass is 35.5. The van der Waals surface area contributed by atoms with Gasteiger partial charge in [-0.1, -0.05) is 11.6 Å². The number of carbonyl (C=O) groups excluding carboxylic acids is 1. The minimum Gasteiger partial charge on any atom is -0.465 e. The van der Waals surface area contributed by atoms with Crippen molar-refractivity contribution < 1.29 is 23.3 Å². The van der Waals surface area contributed by atoms with E-state index in [1.807, 2.05) is 6.07 Å². The molecule has 1 fully saturated rings. The van der Waals surface area contributed by atoms with Gasteiger partial charge in [0, 0.05) is 12.7 Å². The highest BCUT2D eigenvalue weighted by molar-refractivity contribution is 8.04. The summed E-state index contributed by atoms with van der Waals surface area (Å²) in [6, 6.07) is 5.47. The Morgan fingerprint density at radius 1 is 1.33 bits per heavy atom. The molecule has 0 aromatic carbocycles. The van der Waals surface area contributed by atoms with Crippen LogP contribution in [0.15, 0.2) is 29.4 Å². The molecule has 0 aliphatic carbocycles. The number of hydrogen-bond donors (Lipinski definition) is 5. The normalized spacial score (nSPS) is 24.6. The number of rotatable bonds is 3. The number of nitrogens with zero attached hydrogens (tertiary/aromatic N) is 4. The fraction of sp³-hybridized carbons (Fsp3) is 0.364. The van der Waals surface area contributed by atoms with E-state index in [2.05, 4.69) is 30.3 Å². The number of aromatic nitrogens is 2. The van der Waals surface area contributed by atoms with Crippen molar-refractivity contribution >= 4 is 45.4 Å². The molecule has 14 heteroatoms. The lowest BCUT2D eigenvalue weighted by Crippen LogP contribution is -2.66. The van der Waals surface area contributed by atoms with Crippen LogP contribution in [0, 0.1) is 17.1 Å². The van der Waals surface area contributed by atoms with E-state index < -0.39 is 43.5 Å². The van der Waals surface area contributed by atoms with Crippen LogP contribution in [0.3, 0.4) is 0 Å². The van der Waals surface area contributed by atoms with Gasteiger partial charge in [-0.15, -0.1) is 0 Å². The van der Waals surface area contributed by atoms with Crippen LogP contribution in [-0.4, -0.2) is 53.7 Å². The first-order valence-electron chi connectivity index (χ1n) is 10.8. The molecule has 0 saturated carbocycles. The topological polar surface area (TPSA) is 169 Å². The fourth-order valence-corrected chi connectivity index (χ4v) is 8.59. The molecule has 4 rings (SSSR count). The van der Waals surface area contributed by atoms with E-state index in [-0.39, 0.29) is 33.6 Å². The van der Waals surface area contributed by atoms with Crippen LogP contribution in [0.2, 0.25) is 5.02 Å². The summed E-state index contributed by atoms with van der Waals surface area (Å²) in [5.41, 5.74) is -1.70. The Hall–Kier alpha value is -3.47. The van der Waals surface area contributed by atoms with Crippen LogP contribution >= 0.6 is 11.6 Å². The number of thiol groups is 1. The summed E-state index contributed by atoms with van der Waals surface area (Å²) in [5.74, 6) is -1.62. The van der Waals surface area contributed by atoms with E-state index in [4.69, 9.17) is 16.9 Å². The number of hydrogen-bond acceptors (Lipinski definition) is 7. The summed E-state index contributed by atoms with van der Waals surface area (Å²) in [7, 11) is -3.36. The predicted molar refractivity (Wildman–Crippen MR) is 132 cm³/mol. The van der Waals surface area contributed by atoms with E-state index >= 15 is 4.39 Å². The number of amidine groups is 1. The van der Waals surface area contributed by atoms with Crippen LogP contribution in [0.4, 0.5) is 15.0 Å². The molecule has 2 aromatic rings. The smallest absolute Gasteiger partial charge is 0.410 e. The summed E-state index contributed by atoms with van der Waals surface area (Å²) in [4.78, 5) is 37.0. The zero-order valence-electron chi connectivity index (χ0n) is 19.5. The van der Waals surface area contributed by atoms with E-state index in [0.717, 1.165) is 6.07 Å². The van der Waals surface area contributed by atoms with Crippen LogP contribution < -0.4 is 15.4 Å². The molecule has 1 saturated heterocycles. The number of pyridine rings is 2. The molecule has 0 radical (unpaired) electrons. The molecule has 36 heavy (non-hydrogen) atoms. The zero-order chi connectivity index (χ0) is 26.5. The molecule has 0 unspecified atom stereocenters. The third-order valence-electron chi connectivity index (χ3n) is 6.58. The summed E-state index contributed by atoms with van der Waals surface area (Å²) >= 11 is 6.06. The quantitative estimate of drug-likeness (QED) is 0.375. The van der Waals surface area contributed by atoms with E-state index in [1.165, 1.54) is 18.3 Å². The third-order valence-corrected chi connectivity index (χ3v) is 11.1. The number of anilines is 1. The van der Waals surface area contributed by atoms with Crippen LogP contribution in [0.1, 0.15) is 48.9 Å². The van der Waals surface area contributed by atoms with Crippen LogP contribution in [0.5, 0.6) is 0 Å². The summed E-state index contributed by atoms with van der Waals surface area (Å²) in [5, 5.41) is 22.3. The first kappa shape index (κ1) is 25.6. The standard InChI is InChI=1S/C22H23ClFN7O4S/c1-21(2)19(30-20(33)34)31-22(3,14-6-7-27-36(14,21)35)17-13(24)4-5-15(28-17)29-18(32)16-12(23)8-11(9-25)10-26-16/h4-5,8,10,14,36H,6-7H2,1-3H3,(H,27,35)(H,30,31)(H,33,34)(H,28,29,32)/t14-,22+/m1/s1. The Morgan fingerprint density at radius 3 is 2.69 bits per heavy atom. The third kappa shape index (κ3) is 4.01. The molecular weight excluding hydrogens is 513 g/mol. The second kappa shape index (κ2) is 8.88. The van der Waals surface area contributed by atoms with Crippen molar-refractivity contribution in [3.05, 3.63) is 52.2 Å². The number of amides is 2. The minimum atomic E-state index is -3.36. The van der Waals surface area contributed by atoms with Gasteiger partial charge >= 0.3 is 6.09 Å². The van der Waals surface area contributed by atoms with Gasteiger partial charge in [0.05, 0.1) is 20.6 Å². The molecule has 2 amide bonds. The van der Waals surface area contributed by atoms with Gasteiger partial charge in [-0.05, 0) is 55.5 Å². The Balaban J connectivity index is 1.78. The highest BCUT2D eigenvalue weighted by Gasteiger charge is 2.59. The summed E-state index contributed by atoms with van der Waals surface area (Å²) in [6.45, 7) is 5.17.